The predicted octanol–water partition coefficient (Wildman–Crippen LogP) is 6.61. The topological polar surface area (TPSA) is 118 Å². The predicted molar refractivity (Wildman–Crippen MR) is 161 cm³/mol. The van der Waals surface area contributed by atoms with Crippen LogP contribution in [0, 0.1) is 10.8 Å². The smallest absolute Gasteiger partial charge is 0.330 e. The van der Waals surface area contributed by atoms with Crippen LogP contribution in [0.3, 0.4) is 0 Å². The molecule has 0 fully saturated rings. The summed E-state index contributed by atoms with van der Waals surface area (Å²) in [6.45, 7) is 16.6. The molecule has 0 aliphatic heterocycles. The van der Waals surface area contributed by atoms with Crippen LogP contribution >= 0.6 is 0 Å². The number of carbonyl (C=O) groups excluding carboxylic acids is 2. The van der Waals surface area contributed by atoms with Gasteiger partial charge in [-0.3, -0.25) is 9.59 Å². The van der Waals surface area contributed by atoms with Gasteiger partial charge in [0.2, 0.25) is 11.8 Å². The van der Waals surface area contributed by atoms with Crippen molar-refractivity contribution in [3.8, 4) is 11.5 Å². The number of carbonyl (C=O) groups is 3. The Hall–Kier alpha value is -4.14. The second-order valence-electron chi connectivity index (χ2n) is 12.2. The number of nitrogens with zero attached hydrogens (tertiary/aromatic N) is 2. The summed E-state index contributed by atoms with van der Waals surface area (Å²) in [4.78, 5) is 44.9. The van der Waals surface area contributed by atoms with Crippen molar-refractivity contribution in [2.75, 3.05) is 16.8 Å². The Kier molecular flexibility index (Phi) is 9.31. The molecule has 2 amide bonds. The molecule has 0 aliphatic carbocycles. The van der Waals surface area contributed by atoms with Gasteiger partial charge in [-0.25, -0.2) is 14.7 Å². The number of pyridine rings is 1. The van der Waals surface area contributed by atoms with Crippen LogP contribution in [0.5, 0.6) is 11.5 Å². The molecule has 2 aromatic carbocycles. The monoisotopic (exact) mass is 563 g/mol. The van der Waals surface area contributed by atoms with E-state index in [0.29, 0.717) is 40.1 Å². The molecule has 3 rings (SSSR count). The van der Waals surface area contributed by atoms with E-state index in [1.165, 1.54) is 11.1 Å². The summed E-state index contributed by atoms with van der Waals surface area (Å²) in [5.74, 6) is -0.544. The molecule has 1 unspecified atom stereocenters. The van der Waals surface area contributed by atoms with E-state index < -0.39 is 22.8 Å². The number of aliphatic carboxylic acids is 1. The molecule has 9 heteroatoms. The lowest BCUT2D eigenvalue weighted by Crippen LogP contribution is -2.48. The molecular formula is C32H41N3O6. The van der Waals surface area contributed by atoms with Crippen molar-refractivity contribution < 1.29 is 29.0 Å². The molecule has 1 aromatic heterocycles. The normalized spacial score (nSPS) is 12.6. The molecule has 0 spiro atoms. The number of rotatable bonds is 9. The number of benzene rings is 2. The maximum absolute atomic E-state index is 13.5. The number of nitrogens with one attached hydrogen (secondary N) is 1. The van der Waals surface area contributed by atoms with Crippen molar-refractivity contribution in [2.45, 2.75) is 74.5 Å². The zero-order chi connectivity index (χ0) is 30.7. The summed E-state index contributed by atoms with van der Waals surface area (Å²) in [5, 5.41) is 14.5. The first kappa shape index (κ1) is 31.4. The lowest BCUT2D eigenvalue weighted by molar-refractivity contribution is -0.138. The molecule has 0 saturated carbocycles. The molecule has 0 aliphatic rings. The zero-order valence-electron chi connectivity index (χ0n) is 25.4. The fourth-order valence-electron chi connectivity index (χ4n) is 4.16. The highest BCUT2D eigenvalue weighted by Gasteiger charge is 2.39. The number of fused-ring (bicyclic) bond motifs is 1. The van der Waals surface area contributed by atoms with E-state index in [-0.39, 0.29) is 23.7 Å². The van der Waals surface area contributed by atoms with Gasteiger partial charge >= 0.3 is 5.97 Å². The third-order valence-corrected chi connectivity index (χ3v) is 6.17. The van der Waals surface area contributed by atoms with Crippen LogP contribution in [0.25, 0.3) is 10.8 Å². The van der Waals surface area contributed by atoms with E-state index >= 15 is 0 Å². The number of amides is 2. The standard InChI is InChI=1S/C32H41N3O6/c1-10-40-25-18-21(11-14-24(25)41-19(2)3)26(28(36)37)34-22-12-13-23-20(17-22)15-16-33-27(23)35(29(38)31(4,5)6)30(39)32(7,8)9/h11-19,26,34H,10H2,1-9H3,(H,36,37). The summed E-state index contributed by atoms with van der Waals surface area (Å²) < 4.78 is 11.5. The van der Waals surface area contributed by atoms with E-state index in [4.69, 9.17) is 9.47 Å². The Morgan fingerprint density at radius 2 is 1.56 bits per heavy atom. The van der Waals surface area contributed by atoms with Gasteiger partial charge < -0.3 is 19.9 Å². The Labute approximate surface area is 241 Å². The highest BCUT2D eigenvalue weighted by Crippen LogP contribution is 2.35. The summed E-state index contributed by atoms with van der Waals surface area (Å²) in [7, 11) is 0. The first-order valence-electron chi connectivity index (χ1n) is 13.7. The molecule has 0 saturated heterocycles. The average Bonchev–Trinajstić information content (AvgIpc) is 2.87. The third-order valence-electron chi connectivity index (χ3n) is 6.17. The molecule has 9 nitrogen and oxygen atoms in total. The fraction of sp³-hybridized carbons (Fsp3) is 0.438. The van der Waals surface area contributed by atoms with Crippen LogP contribution in [0.1, 0.15) is 73.9 Å². The minimum absolute atomic E-state index is 0.0706. The van der Waals surface area contributed by atoms with Gasteiger partial charge in [-0.2, -0.15) is 0 Å². The maximum Gasteiger partial charge on any atom is 0.330 e. The van der Waals surface area contributed by atoms with Gasteiger partial charge in [0.05, 0.1) is 12.7 Å². The second kappa shape index (κ2) is 12.2. The lowest BCUT2D eigenvalue weighted by Gasteiger charge is -2.32. The number of hydrogen-bond donors (Lipinski definition) is 2. The van der Waals surface area contributed by atoms with Crippen LogP contribution in [-0.2, 0) is 14.4 Å². The molecule has 220 valence electrons. The highest BCUT2D eigenvalue weighted by molar-refractivity contribution is 6.20. The molecule has 1 heterocycles. The fourth-order valence-corrected chi connectivity index (χ4v) is 4.16. The number of aromatic nitrogens is 1. The van der Waals surface area contributed by atoms with Crippen molar-refractivity contribution in [1.29, 1.82) is 0 Å². The van der Waals surface area contributed by atoms with Gasteiger partial charge in [0.15, 0.2) is 17.5 Å². The Bertz CT molecular complexity index is 1410. The summed E-state index contributed by atoms with van der Waals surface area (Å²) >= 11 is 0. The Morgan fingerprint density at radius 3 is 2.10 bits per heavy atom. The average molecular weight is 564 g/mol. The van der Waals surface area contributed by atoms with E-state index in [1.807, 2.05) is 20.8 Å². The van der Waals surface area contributed by atoms with E-state index in [2.05, 4.69) is 10.3 Å². The van der Waals surface area contributed by atoms with Crippen LogP contribution in [0.15, 0.2) is 48.7 Å². The van der Waals surface area contributed by atoms with E-state index in [0.717, 1.165) is 0 Å². The van der Waals surface area contributed by atoms with Crippen LogP contribution < -0.4 is 19.7 Å². The number of hydrogen-bond acceptors (Lipinski definition) is 7. The first-order chi connectivity index (χ1) is 19.0. The summed E-state index contributed by atoms with van der Waals surface area (Å²) in [6, 6.07) is 11.0. The SMILES string of the molecule is CCOc1cc(C(Nc2ccc3c(N(C(=O)C(C)(C)C)C(=O)C(C)(C)C)nccc3c2)C(=O)O)ccc1OC(C)C. The number of anilines is 2. The molecule has 2 N–H and O–H groups in total. The highest BCUT2D eigenvalue weighted by atomic mass is 16.5. The third kappa shape index (κ3) is 7.34. The first-order valence-corrected chi connectivity index (χ1v) is 13.7. The largest absolute Gasteiger partial charge is 0.490 e. The number of imide groups is 1. The molecule has 0 radical (unpaired) electrons. The molecule has 1 atom stereocenters. The van der Waals surface area contributed by atoms with Gasteiger partial charge in [0, 0.05) is 28.1 Å². The lowest BCUT2D eigenvalue weighted by atomic mass is 9.90. The van der Waals surface area contributed by atoms with Crippen molar-refractivity contribution in [1.82, 2.24) is 4.98 Å². The van der Waals surface area contributed by atoms with Crippen molar-refractivity contribution in [3.63, 3.8) is 0 Å². The molecule has 41 heavy (non-hydrogen) atoms. The molecule has 0 bridgehead atoms. The van der Waals surface area contributed by atoms with E-state index in [9.17, 15) is 19.5 Å². The zero-order valence-corrected chi connectivity index (χ0v) is 25.4. The van der Waals surface area contributed by atoms with Crippen LogP contribution in [0.2, 0.25) is 0 Å². The van der Waals surface area contributed by atoms with Gasteiger partial charge in [0.1, 0.15) is 5.82 Å². The number of ether oxygens (including phenoxy) is 2. The van der Waals surface area contributed by atoms with Gasteiger partial charge in [-0.05, 0) is 68.1 Å². The number of carboxylic acids is 1. The van der Waals surface area contributed by atoms with Crippen molar-refractivity contribution >= 4 is 40.1 Å². The second-order valence-corrected chi connectivity index (χ2v) is 12.2. The molecular weight excluding hydrogens is 522 g/mol. The Morgan fingerprint density at radius 1 is 0.927 bits per heavy atom. The maximum atomic E-state index is 13.5. The van der Waals surface area contributed by atoms with Crippen molar-refractivity contribution in [2.24, 2.45) is 10.8 Å². The minimum Gasteiger partial charge on any atom is -0.490 e. The summed E-state index contributed by atoms with van der Waals surface area (Å²) in [5.41, 5.74) is -0.614. The van der Waals surface area contributed by atoms with Crippen LogP contribution in [0.4, 0.5) is 11.5 Å². The van der Waals surface area contributed by atoms with Crippen molar-refractivity contribution in [3.05, 3.63) is 54.2 Å². The van der Waals surface area contributed by atoms with Gasteiger partial charge in [0.25, 0.3) is 0 Å². The van der Waals surface area contributed by atoms with E-state index in [1.54, 1.807) is 84.0 Å². The van der Waals surface area contributed by atoms with Crippen LogP contribution in [-0.4, -0.2) is 40.6 Å². The number of carboxylic acid groups (broad SMARTS) is 1. The Balaban J connectivity index is 2.05. The van der Waals surface area contributed by atoms with Gasteiger partial charge in [-0.1, -0.05) is 47.6 Å². The molecule has 3 aromatic rings. The minimum atomic E-state index is -1.08. The summed E-state index contributed by atoms with van der Waals surface area (Å²) in [6.07, 6.45) is 1.47. The quantitative estimate of drug-likeness (QED) is 0.299. The van der Waals surface area contributed by atoms with Gasteiger partial charge in [-0.15, -0.1) is 0 Å².